The smallest absolute Gasteiger partial charge is 0.274 e. The van der Waals surface area contributed by atoms with Crippen LogP contribution in [-0.4, -0.2) is 54.0 Å². The number of rotatable bonds is 3. The lowest BCUT2D eigenvalue weighted by Crippen LogP contribution is -2.45. The molecule has 0 spiro atoms. The lowest BCUT2D eigenvalue weighted by atomic mass is 10.1. The molecule has 1 amide bonds. The molecule has 1 aromatic carbocycles. The highest BCUT2D eigenvalue weighted by Crippen LogP contribution is 2.19. The van der Waals surface area contributed by atoms with Gasteiger partial charge in [-0.3, -0.25) is 4.79 Å². The Morgan fingerprint density at radius 2 is 1.76 bits per heavy atom. The third-order valence-corrected chi connectivity index (χ3v) is 4.53. The van der Waals surface area contributed by atoms with Crippen molar-refractivity contribution in [2.75, 3.05) is 43.4 Å². The molecule has 0 radical (unpaired) electrons. The third-order valence-electron chi connectivity index (χ3n) is 4.53. The van der Waals surface area contributed by atoms with Crippen LogP contribution in [0.15, 0.2) is 24.3 Å². The Hall–Kier alpha value is -2.47. The second kappa shape index (κ2) is 7.19. The molecule has 0 atom stereocenters. The molecule has 0 saturated carbocycles. The van der Waals surface area contributed by atoms with Gasteiger partial charge in [0, 0.05) is 37.9 Å². The first kappa shape index (κ1) is 17.4. The number of piperazine rings is 1. The maximum atomic E-state index is 12.7. The second-order valence-corrected chi connectivity index (χ2v) is 6.72. The number of hydrogen-bond donors (Lipinski definition) is 1. The van der Waals surface area contributed by atoms with E-state index in [9.17, 15) is 4.79 Å². The Bertz CT molecular complexity index is 781. The van der Waals surface area contributed by atoms with E-state index in [1.807, 2.05) is 39.0 Å². The van der Waals surface area contributed by atoms with E-state index in [-0.39, 0.29) is 5.91 Å². The highest BCUT2D eigenvalue weighted by Gasteiger charge is 2.18. The molecule has 2 aromatic rings. The molecular formula is C19H25N5O. The molecule has 1 saturated heterocycles. The first-order valence-electron chi connectivity index (χ1n) is 8.60. The Morgan fingerprint density at radius 1 is 1.04 bits per heavy atom. The number of amides is 1. The molecule has 0 bridgehead atoms. The lowest BCUT2D eigenvalue weighted by molar-refractivity contribution is 0.102. The largest absolute Gasteiger partial charge is 0.354 e. The van der Waals surface area contributed by atoms with E-state index >= 15 is 0 Å². The molecule has 0 unspecified atom stereocenters. The number of nitrogens with zero attached hydrogens (tertiary/aromatic N) is 4. The fraction of sp³-hybridized carbons (Fsp3) is 0.421. The van der Waals surface area contributed by atoms with Gasteiger partial charge < -0.3 is 15.1 Å². The SMILES string of the molecule is Cc1ccc(C)c(NC(=O)c2cc(N3CCN(C)CC3)nc(C)n2)c1. The van der Waals surface area contributed by atoms with E-state index in [4.69, 9.17) is 0 Å². The van der Waals surface area contributed by atoms with Crippen molar-refractivity contribution in [1.82, 2.24) is 14.9 Å². The average Bonchev–Trinajstić information content (AvgIpc) is 2.58. The summed E-state index contributed by atoms with van der Waals surface area (Å²) in [5.41, 5.74) is 3.37. The van der Waals surface area contributed by atoms with E-state index in [2.05, 4.69) is 32.1 Å². The van der Waals surface area contributed by atoms with Gasteiger partial charge in [-0.15, -0.1) is 0 Å². The minimum atomic E-state index is -0.199. The van der Waals surface area contributed by atoms with Crippen molar-refractivity contribution in [1.29, 1.82) is 0 Å². The molecule has 2 heterocycles. The van der Waals surface area contributed by atoms with Crippen molar-refractivity contribution >= 4 is 17.4 Å². The molecule has 1 aromatic heterocycles. The molecule has 1 N–H and O–H groups in total. The first-order valence-corrected chi connectivity index (χ1v) is 8.60. The fourth-order valence-corrected chi connectivity index (χ4v) is 2.92. The van der Waals surface area contributed by atoms with Crippen LogP contribution in [0, 0.1) is 20.8 Å². The van der Waals surface area contributed by atoms with Gasteiger partial charge in [-0.05, 0) is 45.0 Å². The van der Waals surface area contributed by atoms with Crippen LogP contribution >= 0.6 is 0 Å². The van der Waals surface area contributed by atoms with Gasteiger partial charge in [-0.1, -0.05) is 12.1 Å². The molecule has 0 aliphatic carbocycles. The van der Waals surface area contributed by atoms with Gasteiger partial charge in [0.05, 0.1) is 0 Å². The molecule has 3 rings (SSSR count). The highest BCUT2D eigenvalue weighted by atomic mass is 16.1. The number of aryl methyl sites for hydroxylation is 3. The minimum Gasteiger partial charge on any atom is -0.354 e. The van der Waals surface area contributed by atoms with Crippen molar-refractivity contribution in [2.45, 2.75) is 20.8 Å². The van der Waals surface area contributed by atoms with E-state index < -0.39 is 0 Å². The number of carbonyl (C=O) groups is 1. The predicted octanol–water partition coefficient (Wildman–Crippen LogP) is 2.41. The van der Waals surface area contributed by atoms with E-state index in [0.29, 0.717) is 11.5 Å². The molecule has 25 heavy (non-hydrogen) atoms. The monoisotopic (exact) mass is 339 g/mol. The number of nitrogens with one attached hydrogen (secondary N) is 1. The van der Waals surface area contributed by atoms with Crippen LogP contribution in [0.25, 0.3) is 0 Å². The molecule has 132 valence electrons. The molecule has 1 aliphatic heterocycles. The van der Waals surface area contributed by atoms with Crippen LogP contribution in [0.1, 0.15) is 27.4 Å². The highest BCUT2D eigenvalue weighted by molar-refractivity contribution is 6.03. The summed E-state index contributed by atoms with van der Waals surface area (Å²) in [5, 5.41) is 2.98. The topological polar surface area (TPSA) is 61.4 Å². The molecule has 6 nitrogen and oxygen atoms in total. The van der Waals surface area contributed by atoms with Gasteiger partial charge in [-0.2, -0.15) is 0 Å². The number of aromatic nitrogens is 2. The number of likely N-dealkylation sites (N-methyl/N-ethyl adjacent to an activating group) is 1. The summed E-state index contributed by atoms with van der Waals surface area (Å²) in [6.45, 7) is 9.62. The van der Waals surface area contributed by atoms with Crippen LogP contribution in [-0.2, 0) is 0 Å². The Balaban J connectivity index is 1.82. The number of carbonyl (C=O) groups excluding carboxylic acids is 1. The molecular weight excluding hydrogens is 314 g/mol. The first-order chi connectivity index (χ1) is 11.9. The van der Waals surface area contributed by atoms with Gasteiger partial charge in [0.2, 0.25) is 0 Å². The van der Waals surface area contributed by atoms with Crippen molar-refractivity contribution in [3.63, 3.8) is 0 Å². The summed E-state index contributed by atoms with van der Waals surface area (Å²) in [4.78, 5) is 26.0. The zero-order chi connectivity index (χ0) is 18.0. The summed E-state index contributed by atoms with van der Waals surface area (Å²) in [5.74, 6) is 1.24. The molecule has 1 fully saturated rings. The number of benzene rings is 1. The van der Waals surface area contributed by atoms with Crippen molar-refractivity contribution in [3.05, 3.63) is 46.9 Å². The third kappa shape index (κ3) is 4.14. The summed E-state index contributed by atoms with van der Waals surface area (Å²) in [6.07, 6.45) is 0. The van der Waals surface area contributed by atoms with Crippen LogP contribution in [0.4, 0.5) is 11.5 Å². The Morgan fingerprint density at radius 3 is 2.48 bits per heavy atom. The van der Waals surface area contributed by atoms with Gasteiger partial charge >= 0.3 is 0 Å². The van der Waals surface area contributed by atoms with Crippen LogP contribution < -0.4 is 10.2 Å². The summed E-state index contributed by atoms with van der Waals surface area (Å²) in [7, 11) is 2.12. The van der Waals surface area contributed by atoms with Crippen molar-refractivity contribution in [2.24, 2.45) is 0 Å². The summed E-state index contributed by atoms with van der Waals surface area (Å²) < 4.78 is 0. The summed E-state index contributed by atoms with van der Waals surface area (Å²) in [6, 6.07) is 7.80. The average molecular weight is 339 g/mol. The van der Waals surface area contributed by atoms with Gasteiger partial charge in [0.25, 0.3) is 5.91 Å². The predicted molar refractivity (Wildman–Crippen MR) is 100 cm³/mol. The van der Waals surface area contributed by atoms with Gasteiger partial charge in [-0.25, -0.2) is 9.97 Å². The maximum absolute atomic E-state index is 12.7. The molecule has 6 heteroatoms. The lowest BCUT2D eigenvalue weighted by Gasteiger charge is -2.33. The Labute approximate surface area is 148 Å². The van der Waals surface area contributed by atoms with Crippen LogP contribution in [0.2, 0.25) is 0 Å². The quantitative estimate of drug-likeness (QED) is 0.930. The summed E-state index contributed by atoms with van der Waals surface area (Å²) >= 11 is 0. The van der Waals surface area contributed by atoms with Crippen molar-refractivity contribution < 1.29 is 4.79 Å². The maximum Gasteiger partial charge on any atom is 0.274 e. The normalized spacial score (nSPS) is 15.3. The van der Waals surface area contributed by atoms with E-state index in [0.717, 1.165) is 48.8 Å². The van der Waals surface area contributed by atoms with Crippen LogP contribution in [0.3, 0.4) is 0 Å². The fourth-order valence-electron chi connectivity index (χ4n) is 2.92. The van der Waals surface area contributed by atoms with Crippen LogP contribution in [0.5, 0.6) is 0 Å². The minimum absolute atomic E-state index is 0.199. The van der Waals surface area contributed by atoms with E-state index in [1.165, 1.54) is 0 Å². The number of anilines is 2. The standard InChI is InChI=1S/C19H25N5O/c1-13-5-6-14(2)16(11-13)22-19(25)17-12-18(21-15(3)20-17)24-9-7-23(4)8-10-24/h5-6,11-12H,7-10H2,1-4H3,(H,22,25). The molecule has 1 aliphatic rings. The van der Waals surface area contributed by atoms with E-state index in [1.54, 1.807) is 6.07 Å². The zero-order valence-electron chi connectivity index (χ0n) is 15.3. The number of hydrogen-bond acceptors (Lipinski definition) is 5. The zero-order valence-corrected chi connectivity index (χ0v) is 15.3. The van der Waals surface area contributed by atoms with Gasteiger partial charge in [0.15, 0.2) is 0 Å². The second-order valence-electron chi connectivity index (χ2n) is 6.72. The Kier molecular flexibility index (Phi) is 4.99. The van der Waals surface area contributed by atoms with Crippen molar-refractivity contribution in [3.8, 4) is 0 Å². The van der Waals surface area contributed by atoms with Gasteiger partial charge in [0.1, 0.15) is 17.3 Å².